The Morgan fingerprint density at radius 2 is 2.38 bits per heavy atom. The molecule has 0 bridgehead atoms. The van der Waals surface area contributed by atoms with Crippen LogP contribution in [0, 0.1) is 0 Å². The number of nitrogens with one attached hydrogen (secondary N) is 2. The number of likely N-dealkylation sites (N-methyl/N-ethyl adjacent to an activating group) is 1. The van der Waals surface area contributed by atoms with Gasteiger partial charge in [-0.2, -0.15) is 0 Å². The van der Waals surface area contributed by atoms with Crippen LogP contribution in [0.2, 0.25) is 0 Å². The van der Waals surface area contributed by atoms with Gasteiger partial charge in [-0.3, -0.25) is 0 Å². The van der Waals surface area contributed by atoms with Gasteiger partial charge in [-0.1, -0.05) is 12.1 Å². The van der Waals surface area contributed by atoms with E-state index in [-0.39, 0.29) is 0 Å². The highest BCUT2D eigenvalue weighted by Crippen LogP contribution is 2.22. The molecule has 2 heteroatoms. The highest BCUT2D eigenvalue weighted by Gasteiger charge is 2.09. The molecule has 2 N–H and O–H groups in total. The van der Waals surface area contributed by atoms with Crippen LogP contribution in [0.1, 0.15) is 11.1 Å². The first-order valence-corrected chi connectivity index (χ1v) is 4.90. The van der Waals surface area contributed by atoms with Gasteiger partial charge in [0.2, 0.25) is 0 Å². The zero-order chi connectivity index (χ0) is 9.10. The first-order chi connectivity index (χ1) is 6.40. The number of benzene rings is 1. The third-order valence-electron chi connectivity index (χ3n) is 2.54. The maximum Gasteiger partial charge on any atom is 0.0373 e. The Labute approximate surface area is 79.4 Å². The van der Waals surface area contributed by atoms with Crippen molar-refractivity contribution in [2.45, 2.75) is 12.8 Å². The summed E-state index contributed by atoms with van der Waals surface area (Å²) in [5, 5.41) is 6.54. The minimum atomic E-state index is 1.06. The van der Waals surface area contributed by atoms with Crippen LogP contribution in [0.5, 0.6) is 0 Å². The lowest BCUT2D eigenvalue weighted by atomic mass is 10.1. The van der Waals surface area contributed by atoms with Gasteiger partial charge in [-0.05, 0) is 43.6 Å². The van der Waals surface area contributed by atoms with Crippen molar-refractivity contribution in [3.63, 3.8) is 0 Å². The van der Waals surface area contributed by atoms with Crippen molar-refractivity contribution in [2.75, 3.05) is 25.5 Å². The van der Waals surface area contributed by atoms with E-state index in [2.05, 4.69) is 28.8 Å². The summed E-state index contributed by atoms with van der Waals surface area (Å²) < 4.78 is 0. The highest BCUT2D eigenvalue weighted by molar-refractivity contribution is 5.56. The van der Waals surface area contributed by atoms with Gasteiger partial charge in [0.1, 0.15) is 0 Å². The molecule has 2 nitrogen and oxygen atoms in total. The van der Waals surface area contributed by atoms with Crippen molar-refractivity contribution in [3.8, 4) is 0 Å². The standard InChI is InChI=1S/C11H16N2/c1-12-6-4-9-2-3-11-10(8-9)5-7-13-11/h2-3,8,12-13H,4-7H2,1H3. The molecule has 1 aliphatic heterocycles. The minimum absolute atomic E-state index is 1.06. The summed E-state index contributed by atoms with van der Waals surface area (Å²) in [6.07, 6.45) is 2.31. The lowest BCUT2D eigenvalue weighted by Gasteiger charge is -2.04. The summed E-state index contributed by atoms with van der Waals surface area (Å²) in [6, 6.07) is 6.74. The Bertz CT molecular complexity index is 294. The van der Waals surface area contributed by atoms with Gasteiger partial charge < -0.3 is 10.6 Å². The van der Waals surface area contributed by atoms with E-state index >= 15 is 0 Å². The van der Waals surface area contributed by atoms with Gasteiger partial charge >= 0.3 is 0 Å². The van der Waals surface area contributed by atoms with Gasteiger partial charge in [-0.15, -0.1) is 0 Å². The quantitative estimate of drug-likeness (QED) is 0.727. The predicted molar refractivity (Wildman–Crippen MR) is 56.3 cm³/mol. The molecule has 0 saturated carbocycles. The number of fused-ring (bicyclic) bond motifs is 1. The lowest BCUT2D eigenvalue weighted by Crippen LogP contribution is -2.10. The van der Waals surface area contributed by atoms with Crippen LogP contribution >= 0.6 is 0 Å². The molecule has 2 rings (SSSR count). The summed E-state index contributed by atoms with van der Waals surface area (Å²) in [6.45, 7) is 2.16. The molecule has 0 aromatic heterocycles. The first kappa shape index (κ1) is 8.57. The molecule has 13 heavy (non-hydrogen) atoms. The maximum atomic E-state index is 3.37. The largest absolute Gasteiger partial charge is 0.384 e. The second-order valence-electron chi connectivity index (χ2n) is 3.52. The SMILES string of the molecule is CNCCc1ccc2c(c1)CCN2. The molecule has 0 radical (unpaired) electrons. The van der Waals surface area contributed by atoms with E-state index in [1.165, 1.54) is 23.2 Å². The van der Waals surface area contributed by atoms with Crippen molar-refractivity contribution in [3.05, 3.63) is 29.3 Å². The molecule has 0 unspecified atom stereocenters. The predicted octanol–water partition coefficient (Wildman–Crippen LogP) is 1.42. The third-order valence-corrected chi connectivity index (χ3v) is 2.54. The number of hydrogen-bond acceptors (Lipinski definition) is 2. The van der Waals surface area contributed by atoms with E-state index in [1.807, 2.05) is 7.05 Å². The van der Waals surface area contributed by atoms with Crippen molar-refractivity contribution >= 4 is 5.69 Å². The Morgan fingerprint density at radius 1 is 1.46 bits per heavy atom. The minimum Gasteiger partial charge on any atom is -0.384 e. The van der Waals surface area contributed by atoms with Crippen molar-refractivity contribution in [2.24, 2.45) is 0 Å². The van der Waals surface area contributed by atoms with Crippen LogP contribution in [0.15, 0.2) is 18.2 Å². The molecule has 0 aliphatic carbocycles. The zero-order valence-corrected chi connectivity index (χ0v) is 8.06. The number of anilines is 1. The van der Waals surface area contributed by atoms with Crippen LogP contribution in [0.4, 0.5) is 5.69 Å². The summed E-state index contributed by atoms with van der Waals surface area (Å²) >= 11 is 0. The summed E-state index contributed by atoms with van der Waals surface area (Å²) in [5.74, 6) is 0. The number of rotatable bonds is 3. The average Bonchev–Trinajstić information content (AvgIpc) is 2.61. The van der Waals surface area contributed by atoms with E-state index in [0.717, 1.165) is 19.5 Å². The molecule has 1 aromatic carbocycles. The first-order valence-electron chi connectivity index (χ1n) is 4.90. The Balaban J connectivity index is 2.12. The fourth-order valence-corrected chi connectivity index (χ4v) is 1.78. The second-order valence-corrected chi connectivity index (χ2v) is 3.52. The van der Waals surface area contributed by atoms with Crippen molar-refractivity contribution in [1.82, 2.24) is 5.32 Å². The average molecular weight is 176 g/mol. The molecular formula is C11H16N2. The molecule has 1 aliphatic rings. The smallest absolute Gasteiger partial charge is 0.0373 e. The van der Waals surface area contributed by atoms with Crippen molar-refractivity contribution in [1.29, 1.82) is 0 Å². The van der Waals surface area contributed by atoms with Crippen LogP contribution in [-0.2, 0) is 12.8 Å². The van der Waals surface area contributed by atoms with Crippen LogP contribution < -0.4 is 10.6 Å². The Hall–Kier alpha value is -1.02. The lowest BCUT2D eigenvalue weighted by molar-refractivity contribution is 0.791. The molecule has 1 heterocycles. The molecule has 1 aromatic rings. The third kappa shape index (κ3) is 1.83. The fraction of sp³-hybridized carbons (Fsp3) is 0.455. The van der Waals surface area contributed by atoms with Gasteiger partial charge in [0.15, 0.2) is 0 Å². The molecule has 70 valence electrons. The van der Waals surface area contributed by atoms with Crippen molar-refractivity contribution < 1.29 is 0 Å². The summed E-state index contributed by atoms with van der Waals surface area (Å²) in [5.41, 5.74) is 4.25. The zero-order valence-electron chi connectivity index (χ0n) is 8.06. The Kier molecular flexibility index (Phi) is 2.50. The van der Waals surface area contributed by atoms with E-state index < -0.39 is 0 Å². The normalized spacial score (nSPS) is 13.9. The molecule has 0 fully saturated rings. The highest BCUT2D eigenvalue weighted by atomic mass is 14.9. The van der Waals surface area contributed by atoms with Gasteiger partial charge in [0.25, 0.3) is 0 Å². The monoisotopic (exact) mass is 176 g/mol. The van der Waals surface area contributed by atoms with E-state index in [9.17, 15) is 0 Å². The maximum absolute atomic E-state index is 3.37. The number of hydrogen-bond donors (Lipinski definition) is 2. The molecule has 0 amide bonds. The molecule has 0 spiro atoms. The van der Waals surface area contributed by atoms with Gasteiger partial charge in [0.05, 0.1) is 0 Å². The molecule has 0 atom stereocenters. The van der Waals surface area contributed by atoms with E-state index in [0.29, 0.717) is 0 Å². The molecular weight excluding hydrogens is 160 g/mol. The Morgan fingerprint density at radius 3 is 3.23 bits per heavy atom. The van der Waals surface area contributed by atoms with E-state index in [1.54, 1.807) is 0 Å². The summed E-state index contributed by atoms with van der Waals surface area (Å²) in [7, 11) is 1.99. The van der Waals surface area contributed by atoms with Gasteiger partial charge in [0, 0.05) is 12.2 Å². The van der Waals surface area contributed by atoms with E-state index in [4.69, 9.17) is 0 Å². The molecule has 0 saturated heterocycles. The van der Waals surface area contributed by atoms with Crippen LogP contribution in [0.3, 0.4) is 0 Å². The second kappa shape index (κ2) is 3.79. The van der Waals surface area contributed by atoms with Crippen LogP contribution in [-0.4, -0.2) is 20.1 Å². The van der Waals surface area contributed by atoms with Gasteiger partial charge in [-0.25, -0.2) is 0 Å². The topological polar surface area (TPSA) is 24.1 Å². The fourth-order valence-electron chi connectivity index (χ4n) is 1.78. The summed E-state index contributed by atoms with van der Waals surface area (Å²) in [4.78, 5) is 0. The van der Waals surface area contributed by atoms with Crippen LogP contribution in [0.25, 0.3) is 0 Å².